The molecule has 0 bridgehead atoms. The lowest BCUT2D eigenvalue weighted by Crippen LogP contribution is -2.59. The van der Waals surface area contributed by atoms with Gasteiger partial charge in [-0.1, -0.05) is 26.0 Å². The maximum Gasteiger partial charge on any atom is 0.331 e. The second-order valence-electron chi connectivity index (χ2n) is 11.7. The molecule has 0 amide bonds. The minimum Gasteiger partial charge on any atom is -0.508 e. The Morgan fingerprint density at radius 3 is 2.39 bits per heavy atom. The largest absolute Gasteiger partial charge is 0.508 e. The third-order valence-corrected chi connectivity index (χ3v) is 8.06. The van der Waals surface area contributed by atoms with Crippen molar-refractivity contribution in [2.45, 2.75) is 75.4 Å². The molecule has 244 valence electrons. The van der Waals surface area contributed by atoms with Crippen LogP contribution in [0.15, 0.2) is 42.2 Å². The highest BCUT2D eigenvalue weighted by Crippen LogP contribution is 2.50. The van der Waals surface area contributed by atoms with Gasteiger partial charge >= 0.3 is 11.9 Å². The summed E-state index contributed by atoms with van der Waals surface area (Å²) in [5.41, 5.74) is -1.15. The number of esters is 2. The molecule has 1 aromatic rings. The van der Waals surface area contributed by atoms with Crippen molar-refractivity contribution in [1.29, 1.82) is 0 Å². The SMILES string of the molecule is CC(C)CC(=O)O[C@@H]1OC=C(CO[C@@H]2O[C@@H](CO)[C@@H](O)[C@H](O)[C@@H]2O)[C@H]2C[C@H](OC(=O)/C=C\c3ccc(O)cc3)[C@](O)(CO)[C@@H]12. The summed E-state index contributed by atoms with van der Waals surface area (Å²) in [6.45, 7) is 1.81. The number of hydrogen-bond donors (Lipinski definition) is 7. The molecule has 2 aliphatic heterocycles. The Labute approximate surface area is 253 Å². The van der Waals surface area contributed by atoms with Gasteiger partial charge in [-0.2, -0.15) is 0 Å². The second kappa shape index (κ2) is 14.3. The number of carbonyl (C=O) groups excluding carboxylic acids is 2. The lowest BCUT2D eigenvalue weighted by atomic mass is 9.80. The summed E-state index contributed by atoms with van der Waals surface area (Å²) in [5, 5.41) is 71.5. The van der Waals surface area contributed by atoms with Gasteiger partial charge in [-0.15, -0.1) is 0 Å². The van der Waals surface area contributed by atoms with Gasteiger partial charge < -0.3 is 59.4 Å². The Balaban J connectivity index is 1.54. The first kappa shape index (κ1) is 33.8. The van der Waals surface area contributed by atoms with Crippen LogP contribution in [0.5, 0.6) is 5.75 Å². The van der Waals surface area contributed by atoms with Crippen molar-refractivity contribution < 1.29 is 69.0 Å². The molecule has 0 unspecified atom stereocenters. The summed E-state index contributed by atoms with van der Waals surface area (Å²) >= 11 is 0. The van der Waals surface area contributed by atoms with Gasteiger partial charge in [-0.3, -0.25) is 4.79 Å². The molecule has 2 heterocycles. The van der Waals surface area contributed by atoms with Crippen LogP contribution >= 0.6 is 0 Å². The topological polar surface area (TPSA) is 222 Å². The van der Waals surface area contributed by atoms with Crippen molar-refractivity contribution in [2.75, 3.05) is 19.8 Å². The molecule has 1 aromatic carbocycles. The van der Waals surface area contributed by atoms with Crippen molar-refractivity contribution >= 4 is 18.0 Å². The van der Waals surface area contributed by atoms with Gasteiger partial charge in [0.1, 0.15) is 41.9 Å². The fraction of sp³-hybridized carbons (Fsp3) is 0.600. The standard InChI is InChI=1S/C30H40O14/c1-15(2)9-23(35)44-28-24-19(17(12-40-28)13-41-29-27(38)26(37)25(36)20(11-31)42-29)10-21(30(24,39)14-32)43-22(34)8-5-16-3-6-18(33)7-4-16/h3-8,12,15,19-21,24-29,31-33,36-39H,9-11,13-14H2,1-2H3/b8-5-/t19-,20+,21+,24-,25-,26+,27+,28+,29-,30-/m1/s1. The normalized spacial score (nSPS) is 35.2. The molecule has 14 heteroatoms. The summed E-state index contributed by atoms with van der Waals surface area (Å²) in [4.78, 5) is 25.3. The number of benzene rings is 1. The third kappa shape index (κ3) is 7.41. The molecule has 0 radical (unpaired) electrons. The molecule has 10 atom stereocenters. The maximum atomic E-state index is 12.8. The quantitative estimate of drug-likeness (QED) is 0.120. The molecule has 4 rings (SSSR count). The zero-order valence-electron chi connectivity index (χ0n) is 24.3. The molecule has 1 saturated heterocycles. The van der Waals surface area contributed by atoms with Gasteiger partial charge in [-0.05, 0) is 41.7 Å². The van der Waals surface area contributed by atoms with Crippen LogP contribution in [0.25, 0.3) is 6.08 Å². The van der Waals surface area contributed by atoms with E-state index in [4.69, 9.17) is 23.7 Å². The molecule has 1 aliphatic carbocycles. The number of fused-ring (bicyclic) bond motifs is 1. The number of aliphatic hydroxyl groups is 6. The summed E-state index contributed by atoms with van der Waals surface area (Å²) in [6, 6.07) is 6.04. The highest BCUT2D eigenvalue weighted by Gasteiger charge is 2.62. The first-order chi connectivity index (χ1) is 20.9. The van der Waals surface area contributed by atoms with Gasteiger partial charge in [0.2, 0.25) is 6.29 Å². The Bertz CT molecular complexity index is 1200. The highest BCUT2D eigenvalue weighted by molar-refractivity contribution is 5.87. The maximum absolute atomic E-state index is 12.8. The Hall–Kier alpha value is -3.08. The number of aromatic hydroxyl groups is 1. The third-order valence-electron chi connectivity index (χ3n) is 8.06. The fourth-order valence-electron chi connectivity index (χ4n) is 5.70. The Kier molecular flexibility index (Phi) is 11.0. The molecule has 0 spiro atoms. The minimum atomic E-state index is -2.11. The lowest BCUT2D eigenvalue weighted by molar-refractivity contribution is -0.299. The van der Waals surface area contributed by atoms with Crippen molar-refractivity contribution in [1.82, 2.24) is 0 Å². The monoisotopic (exact) mass is 624 g/mol. The van der Waals surface area contributed by atoms with Crippen LogP contribution in [0.3, 0.4) is 0 Å². The van der Waals surface area contributed by atoms with Crippen LogP contribution in [0.1, 0.15) is 32.3 Å². The highest BCUT2D eigenvalue weighted by atomic mass is 16.7. The van der Waals surface area contributed by atoms with E-state index in [0.29, 0.717) is 11.1 Å². The number of hydrogen-bond acceptors (Lipinski definition) is 14. The predicted molar refractivity (Wildman–Crippen MR) is 149 cm³/mol. The number of ether oxygens (including phenoxy) is 5. The molecule has 0 aromatic heterocycles. The minimum absolute atomic E-state index is 0.0331. The molecule has 2 fully saturated rings. The molecular formula is C30H40O14. The molecular weight excluding hydrogens is 584 g/mol. The molecule has 1 saturated carbocycles. The molecule has 44 heavy (non-hydrogen) atoms. The summed E-state index contributed by atoms with van der Waals surface area (Å²) in [5.74, 6) is -3.24. The summed E-state index contributed by atoms with van der Waals surface area (Å²) in [7, 11) is 0. The van der Waals surface area contributed by atoms with Gasteiger partial charge in [0.25, 0.3) is 0 Å². The van der Waals surface area contributed by atoms with Crippen LogP contribution in [0.4, 0.5) is 0 Å². The van der Waals surface area contributed by atoms with E-state index in [0.717, 1.165) is 6.08 Å². The van der Waals surface area contributed by atoms with Gasteiger partial charge in [0, 0.05) is 18.4 Å². The number of aliphatic hydroxyl groups excluding tert-OH is 5. The summed E-state index contributed by atoms with van der Waals surface area (Å²) in [6.07, 6.45) is -6.33. The lowest BCUT2D eigenvalue weighted by Gasteiger charge is -2.41. The van der Waals surface area contributed by atoms with E-state index in [1.54, 1.807) is 12.1 Å². The molecule has 7 N–H and O–H groups in total. The van der Waals surface area contributed by atoms with E-state index >= 15 is 0 Å². The first-order valence-corrected chi connectivity index (χ1v) is 14.3. The van der Waals surface area contributed by atoms with Crippen molar-refractivity contribution in [3.8, 4) is 5.75 Å². The van der Waals surface area contributed by atoms with Crippen LogP contribution in [-0.4, -0.2) is 116 Å². The number of rotatable bonds is 11. The van der Waals surface area contributed by atoms with Gasteiger partial charge in [0.15, 0.2) is 6.29 Å². The average molecular weight is 625 g/mol. The van der Waals surface area contributed by atoms with E-state index in [-0.39, 0.29) is 31.1 Å². The Morgan fingerprint density at radius 1 is 1.05 bits per heavy atom. The number of carbonyl (C=O) groups is 2. The fourth-order valence-corrected chi connectivity index (χ4v) is 5.70. The van der Waals surface area contributed by atoms with E-state index in [2.05, 4.69) is 0 Å². The van der Waals surface area contributed by atoms with Gasteiger partial charge in [-0.25, -0.2) is 4.79 Å². The number of phenolic OH excluding ortho intramolecular Hbond substituents is 1. The zero-order chi connectivity index (χ0) is 32.2. The van der Waals surface area contributed by atoms with E-state index in [1.165, 1.54) is 24.5 Å². The van der Waals surface area contributed by atoms with Crippen LogP contribution in [0, 0.1) is 17.8 Å². The smallest absolute Gasteiger partial charge is 0.331 e. The summed E-state index contributed by atoms with van der Waals surface area (Å²) < 4.78 is 27.9. The van der Waals surface area contributed by atoms with Crippen molar-refractivity contribution in [3.05, 3.63) is 47.7 Å². The van der Waals surface area contributed by atoms with Crippen molar-refractivity contribution in [3.63, 3.8) is 0 Å². The van der Waals surface area contributed by atoms with Gasteiger partial charge in [0.05, 0.1) is 32.0 Å². The van der Waals surface area contributed by atoms with Crippen molar-refractivity contribution in [2.24, 2.45) is 17.8 Å². The Morgan fingerprint density at radius 2 is 1.75 bits per heavy atom. The zero-order valence-corrected chi connectivity index (χ0v) is 24.3. The van der Waals surface area contributed by atoms with E-state index < -0.39 is 85.7 Å². The number of phenols is 1. The predicted octanol–water partition coefficient (Wildman–Crippen LogP) is -0.677. The van der Waals surface area contributed by atoms with E-state index in [9.17, 15) is 45.3 Å². The van der Waals surface area contributed by atoms with Crippen LogP contribution < -0.4 is 0 Å². The van der Waals surface area contributed by atoms with Crippen LogP contribution in [0.2, 0.25) is 0 Å². The molecule has 3 aliphatic rings. The first-order valence-electron chi connectivity index (χ1n) is 14.3. The van der Waals surface area contributed by atoms with Crippen LogP contribution in [-0.2, 0) is 33.3 Å². The average Bonchev–Trinajstić information content (AvgIpc) is 3.28. The molecule has 14 nitrogen and oxygen atoms in total. The van der Waals surface area contributed by atoms with E-state index in [1.807, 2.05) is 13.8 Å². The second-order valence-corrected chi connectivity index (χ2v) is 11.7.